The first-order valence-electron chi connectivity index (χ1n) is 8.53. The molecule has 1 aliphatic heterocycles. The summed E-state index contributed by atoms with van der Waals surface area (Å²) in [5.74, 6) is -0.0376. The highest BCUT2D eigenvalue weighted by molar-refractivity contribution is 6.33. The second-order valence-electron chi connectivity index (χ2n) is 7.38. The second-order valence-corrected chi connectivity index (χ2v) is 7.79. The summed E-state index contributed by atoms with van der Waals surface area (Å²) < 4.78 is 0. The van der Waals surface area contributed by atoms with Gasteiger partial charge in [-0.15, -0.1) is 0 Å². The minimum atomic E-state index is -0.213. The zero-order valence-corrected chi connectivity index (χ0v) is 15.9. The van der Waals surface area contributed by atoms with Gasteiger partial charge in [-0.3, -0.25) is 19.4 Å². The SMILES string of the molecule is CC(C)(C)NC(=O)CN1CCN(CC(=O)Nc2ccccc2Cl)CC1. The largest absolute Gasteiger partial charge is 0.350 e. The first-order valence-corrected chi connectivity index (χ1v) is 8.91. The molecule has 0 atom stereocenters. The highest BCUT2D eigenvalue weighted by Gasteiger charge is 2.22. The van der Waals surface area contributed by atoms with E-state index in [0.717, 1.165) is 26.2 Å². The van der Waals surface area contributed by atoms with Gasteiger partial charge in [-0.1, -0.05) is 23.7 Å². The van der Waals surface area contributed by atoms with Crippen LogP contribution >= 0.6 is 11.6 Å². The van der Waals surface area contributed by atoms with Crippen molar-refractivity contribution in [2.75, 3.05) is 44.6 Å². The molecule has 0 unspecified atom stereocenters. The molecule has 1 aromatic rings. The van der Waals surface area contributed by atoms with E-state index in [2.05, 4.69) is 20.4 Å². The lowest BCUT2D eigenvalue weighted by Gasteiger charge is -2.34. The summed E-state index contributed by atoms with van der Waals surface area (Å²) in [7, 11) is 0. The summed E-state index contributed by atoms with van der Waals surface area (Å²) in [5, 5.41) is 6.34. The minimum absolute atomic E-state index is 0.0393. The van der Waals surface area contributed by atoms with Gasteiger partial charge >= 0.3 is 0 Å². The molecule has 1 saturated heterocycles. The third-order valence-electron chi connectivity index (χ3n) is 3.86. The molecule has 1 aromatic carbocycles. The molecule has 0 aliphatic carbocycles. The zero-order valence-electron chi connectivity index (χ0n) is 15.1. The average Bonchev–Trinajstić information content (AvgIpc) is 2.49. The topological polar surface area (TPSA) is 64.7 Å². The molecule has 0 spiro atoms. The molecule has 1 fully saturated rings. The fraction of sp³-hybridized carbons (Fsp3) is 0.556. The summed E-state index contributed by atoms with van der Waals surface area (Å²) in [4.78, 5) is 28.3. The van der Waals surface area contributed by atoms with Gasteiger partial charge < -0.3 is 10.6 Å². The number of hydrogen-bond acceptors (Lipinski definition) is 4. The van der Waals surface area contributed by atoms with E-state index in [1.807, 2.05) is 32.9 Å². The lowest BCUT2D eigenvalue weighted by molar-refractivity contribution is -0.124. The van der Waals surface area contributed by atoms with Crippen molar-refractivity contribution >= 4 is 29.1 Å². The molecule has 0 bridgehead atoms. The second kappa shape index (κ2) is 8.65. The predicted octanol–water partition coefficient (Wildman–Crippen LogP) is 1.81. The van der Waals surface area contributed by atoms with E-state index < -0.39 is 0 Å². The molecule has 2 amide bonds. The van der Waals surface area contributed by atoms with Crippen LogP contribution < -0.4 is 10.6 Å². The molecular weight excluding hydrogens is 340 g/mol. The van der Waals surface area contributed by atoms with E-state index in [-0.39, 0.29) is 17.4 Å². The Morgan fingerprint density at radius 2 is 1.52 bits per heavy atom. The number of hydrogen-bond donors (Lipinski definition) is 2. The number of halogens is 1. The number of carbonyl (C=O) groups excluding carboxylic acids is 2. The van der Waals surface area contributed by atoms with Crippen LogP contribution in [0.3, 0.4) is 0 Å². The van der Waals surface area contributed by atoms with Crippen LogP contribution in [0.4, 0.5) is 5.69 Å². The van der Waals surface area contributed by atoms with Crippen molar-refractivity contribution in [3.8, 4) is 0 Å². The normalized spacial score (nSPS) is 16.5. The Morgan fingerprint density at radius 3 is 2.04 bits per heavy atom. The van der Waals surface area contributed by atoms with E-state index in [9.17, 15) is 9.59 Å². The molecule has 2 N–H and O–H groups in total. The number of amides is 2. The maximum absolute atomic E-state index is 12.2. The Labute approximate surface area is 154 Å². The molecule has 6 nitrogen and oxygen atoms in total. The number of piperazine rings is 1. The van der Waals surface area contributed by atoms with Gasteiger partial charge in [-0.05, 0) is 32.9 Å². The third kappa shape index (κ3) is 7.02. The quantitative estimate of drug-likeness (QED) is 0.834. The number of carbonyl (C=O) groups is 2. The highest BCUT2D eigenvalue weighted by Crippen LogP contribution is 2.20. The monoisotopic (exact) mass is 366 g/mol. The molecule has 2 rings (SSSR count). The molecule has 0 radical (unpaired) electrons. The van der Waals surface area contributed by atoms with Crippen molar-refractivity contribution in [3.05, 3.63) is 29.3 Å². The van der Waals surface area contributed by atoms with Gasteiger partial charge in [0.2, 0.25) is 11.8 Å². The fourth-order valence-corrected chi connectivity index (χ4v) is 2.90. The van der Waals surface area contributed by atoms with Gasteiger partial charge in [0.25, 0.3) is 0 Å². The zero-order chi connectivity index (χ0) is 18.4. The van der Waals surface area contributed by atoms with E-state index in [1.165, 1.54) is 0 Å². The van der Waals surface area contributed by atoms with E-state index in [1.54, 1.807) is 12.1 Å². The Kier molecular flexibility index (Phi) is 6.81. The van der Waals surface area contributed by atoms with Crippen LogP contribution in [0.25, 0.3) is 0 Å². The predicted molar refractivity (Wildman–Crippen MR) is 101 cm³/mol. The average molecular weight is 367 g/mol. The van der Waals surface area contributed by atoms with Crippen LogP contribution in [-0.2, 0) is 9.59 Å². The highest BCUT2D eigenvalue weighted by atomic mass is 35.5. The number of nitrogens with zero attached hydrogens (tertiary/aromatic N) is 2. The van der Waals surface area contributed by atoms with Crippen molar-refractivity contribution in [3.63, 3.8) is 0 Å². The first-order chi connectivity index (χ1) is 11.7. The van der Waals surface area contributed by atoms with Crippen LogP contribution in [-0.4, -0.2) is 66.4 Å². The van der Waals surface area contributed by atoms with Gasteiger partial charge in [-0.25, -0.2) is 0 Å². The molecule has 7 heteroatoms. The van der Waals surface area contributed by atoms with Crippen molar-refractivity contribution in [2.24, 2.45) is 0 Å². The summed E-state index contributed by atoms with van der Waals surface area (Å²) in [6.45, 7) is 9.72. The summed E-state index contributed by atoms with van der Waals surface area (Å²) in [5.41, 5.74) is 0.419. The number of anilines is 1. The lowest BCUT2D eigenvalue weighted by Crippen LogP contribution is -2.52. The van der Waals surface area contributed by atoms with Crippen LogP contribution in [0.1, 0.15) is 20.8 Å². The van der Waals surface area contributed by atoms with Crippen LogP contribution in [0.2, 0.25) is 5.02 Å². The van der Waals surface area contributed by atoms with Crippen LogP contribution in [0.5, 0.6) is 0 Å². The molecule has 1 heterocycles. The van der Waals surface area contributed by atoms with Crippen molar-refractivity contribution in [2.45, 2.75) is 26.3 Å². The van der Waals surface area contributed by atoms with E-state index in [4.69, 9.17) is 11.6 Å². The van der Waals surface area contributed by atoms with E-state index in [0.29, 0.717) is 23.8 Å². The molecule has 0 aromatic heterocycles. The van der Waals surface area contributed by atoms with Crippen LogP contribution in [0, 0.1) is 0 Å². The maximum Gasteiger partial charge on any atom is 0.238 e. The fourth-order valence-electron chi connectivity index (χ4n) is 2.72. The summed E-state index contributed by atoms with van der Waals surface area (Å²) >= 11 is 6.05. The molecule has 0 saturated carbocycles. The van der Waals surface area contributed by atoms with Gasteiger partial charge in [0.1, 0.15) is 0 Å². The minimum Gasteiger partial charge on any atom is -0.350 e. The van der Waals surface area contributed by atoms with E-state index >= 15 is 0 Å². The molecule has 25 heavy (non-hydrogen) atoms. The van der Waals surface area contributed by atoms with Crippen LogP contribution in [0.15, 0.2) is 24.3 Å². The number of nitrogens with one attached hydrogen (secondary N) is 2. The molecule has 1 aliphatic rings. The Hall–Kier alpha value is -1.63. The number of benzene rings is 1. The Morgan fingerprint density at radius 1 is 1.00 bits per heavy atom. The van der Waals surface area contributed by atoms with Gasteiger partial charge in [-0.2, -0.15) is 0 Å². The lowest BCUT2D eigenvalue weighted by atomic mass is 10.1. The standard InChI is InChI=1S/C18H27ClN4O2/c1-18(2,3)21-17(25)13-23-10-8-22(9-11-23)12-16(24)20-15-7-5-4-6-14(15)19/h4-7H,8-13H2,1-3H3,(H,20,24)(H,21,25). The van der Waals surface area contributed by atoms with Gasteiger partial charge in [0, 0.05) is 31.7 Å². The maximum atomic E-state index is 12.2. The van der Waals surface area contributed by atoms with Crippen molar-refractivity contribution < 1.29 is 9.59 Å². The van der Waals surface area contributed by atoms with Crippen molar-refractivity contribution in [1.82, 2.24) is 15.1 Å². The summed E-state index contributed by atoms with van der Waals surface area (Å²) in [6, 6.07) is 7.19. The van der Waals surface area contributed by atoms with Gasteiger partial charge in [0.15, 0.2) is 0 Å². The number of rotatable bonds is 5. The molecule has 138 valence electrons. The third-order valence-corrected chi connectivity index (χ3v) is 4.19. The Bertz CT molecular complexity index is 607. The Balaban J connectivity index is 1.72. The van der Waals surface area contributed by atoms with Crippen molar-refractivity contribution in [1.29, 1.82) is 0 Å². The van der Waals surface area contributed by atoms with Gasteiger partial charge in [0.05, 0.1) is 23.8 Å². The first kappa shape index (κ1) is 19.7. The smallest absolute Gasteiger partial charge is 0.238 e. The number of para-hydroxylation sites is 1. The summed E-state index contributed by atoms with van der Waals surface area (Å²) in [6.07, 6.45) is 0. The molecular formula is C18H27ClN4O2.